The number of hydrogen-bond donors (Lipinski definition) is 1. The fourth-order valence-corrected chi connectivity index (χ4v) is 6.38. The van der Waals surface area contributed by atoms with Crippen LogP contribution in [0.15, 0.2) is 65.1 Å². The van der Waals surface area contributed by atoms with E-state index in [1.165, 1.54) is 11.3 Å². The maximum absolute atomic E-state index is 13.2. The number of nitrogens with zero attached hydrogens (tertiary/aromatic N) is 2. The Kier molecular flexibility index (Phi) is 6.14. The van der Waals surface area contributed by atoms with Crippen molar-refractivity contribution in [3.05, 3.63) is 82.2 Å². The van der Waals surface area contributed by atoms with Crippen LogP contribution in [0.4, 0.5) is 5.00 Å². The molecule has 1 aliphatic carbocycles. The lowest BCUT2D eigenvalue weighted by molar-refractivity contribution is -0.119. The zero-order chi connectivity index (χ0) is 26.2. The highest BCUT2D eigenvalue weighted by Crippen LogP contribution is 2.39. The summed E-state index contributed by atoms with van der Waals surface area (Å²) in [6.07, 6.45) is 2.77. The summed E-state index contributed by atoms with van der Waals surface area (Å²) >= 11 is 1.44. The molecule has 1 unspecified atom stereocenters. The lowest BCUT2D eigenvalue weighted by atomic mass is 9.89. The summed E-state index contributed by atoms with van der Waals surface area (Å²) in [6, 6.07) is 20.7. The van der Waals surface area contributed by atoms with Gasteiger partial charge in [0.15, 0.2) is 12.2 Å². The molecule has 5 aromatic rings. The molecule has 7 nitrogen and oxygen atoms in total. The number of amides is 1. The second-order valence-corrected chi connectivity index (χ2v) is 10.6. The maximum atomic E-state index is 13.2. The summed E-state index contributed by atoms with van der Waals surface area (Å²) in [5.74, 6) is -0.164. The number of aromatic nitrogens is 1. The van der Waals surface area contributed by atoms with Crippen LogP contribution in [0.5, 0.6) is 0 Å². The number of benzene rings is 3. The Bertz CT molecular complexity index is 1720. The number of fused-ring (bicyclic) bond motifs is 3. The Morgan fingerprint density at radius 2 is 1.97 bits per heavy atom. The Labute approximate surface area is 222 Å². The second kappa shape index (κ2) is 9.77. The largest absolute Gasteiger partial charge is 0.452 e. The summed E-state index contributed by atoms with van der Waals surface area (Å²) in [4.78, 5) is 31.7. The van der Waals surface area contributed by atoms with Crippen LogP contribution in [0.1, 0.15) is 39.7 Å². The number of carbonyl (C=O) groups excluding carboxylic acids is 2. The van der Waals surface area contributed by atoms with E-state index in [2.05, 4.69) is 23.3 Å². The SMILES string of the molecule is CC1CCc2c(sc(NC(=O)COC(=O)c3cccc4cccc(-c5nc6ccccc6o5)c34)c2C#N)C1. The van der Waals surface area contributed by atoms with Gasteiger partial charge in [-0.15, -0.1) is 11.3 Å². The Hall–Kier alpha value is -4.48. The van der Waals surface area contributed by atoms with Gasteiger partial charge in [-0.25, -0.2) is 9.78 Å². The Balaban J connectivity index is 1.24. The van der Waals surface area contributed by atoms with Gasteiger partial charge in [0.05, 0.1) is 11.1 Å². The van der Waals surface area contributed by atoms with E-state index in [-0.39, 0.29) is 0 Å². The molecule has 3 aromatic carbocycles. The fraction of sp³-hybridized carbons (Fsp3) is 0.200. The zero-order valence-electron chi connectivity index (χ0n) is 20.6. The van der Waals surface area contributed by atoms with Crippen LogP contribution in [0, 0.1) is 17.2 Å². The molecule has 1 aliphatic rings. The lowest BCUT2D eigenvalue weighted by Gasteiger charge is -2.17. The summed E-state index contributed by atoms with van der Waals surface area (Å²) in [7, 11) is 0. The van der Waals surface area contributed by atoms with Gasteiger partial charge >= 0.3 is 5.97 Å². The molecule has 0 radical (unpaired) electrons. The highest BCUT2D eigenvalue weighted by Gasteiger charge is 2.25. The predicted molar refractivity (Wildman–Crippen MR) is 146 cm³/mol. The summed E-state index contributed by atoms with van der Waals surface area (Å²) in [5.41, 5.74) is 3.90. The van der Waals surface area contributed by atoms with E-state index in [9.17, 15) is 14.9 Å². The Morgan fingerprint density at radius 1 is 1.16 bits per heavy atom. The number of esters is 1. The summed E-state index contributed by atoms with van der Waals surface area (Å²) in [6.45, 7) is 1.72. The number of anilines is 1. The van der Waals surface area contributed by atoms with Crippen LogP contribution in [-0.2, 0) is 22.4 Å². The Morgan fingerprint density at radius 3 is 2.79 bits per heavy atom. The third kappa shape index (κ3) is 4.31. The average molecular weight is 522 g/mol. The second-order valence-electron chi connectivity index (χ2n) is 9.49. The highest BCUT2D eigenvalue weighted by atomic mass is 32.1. The van der Waals surface area contributed by atoms with E-state index < -0.39 is 18.5 Å². The van der Waals surface area contributed by atoms with Gasteiger partial charge in [-0.2, -0.15) is 5.26 Å². The normalized spacial score (nSPS) is 14.7. The smallest absolute Gasteiger partial charge is 0.339 e. The van der Waals surface area contributed by atoms with Crippen molar-refractivity contribution in [1.29, 1.82) is 5.26 Å². The van der Waals surface area contributed by atoms with Crippen molar-refractivity contribution in [2.75, 3.05) is 11.9 Å². The molecule has 1 N–H and O–H groups in total. The van der Waals surface area contributed by atoms with Crippen LogP contribution in [0.2, 0.25) is 0 Å². The molecule has 188 valence electrons. The molecule has 1 atom stereocenters. The zero-order valence-corrected chi connectivity index (χ0v) is 21.4. The van der Waals surface area contributed by atoms with Crippen molar-refractivity contribution in [3.8, 4) is 17.5 Å². The van der Waals surface area contributed by atoms with Gasteiger partial charge in [-0.3, -0.25) is 4.79 Å². The molecule has 1 amide bonds. The first-order chi connectivity index (χ1) is 18.5. The fourth-order valence-electron chi connectivity index (χ4n) is 5.01. The minimum absolute atomic E-state index is 0.312. The molecule has 0 saturated heterocycles. The number of nitrogens with one attached hydrogen (secondary N) is 1. The molecule has 8 heteroatoms. The predicted octanol–water partition coefficient (Wildman–Crippen LogP) is 6.50. The average Bonchev–Trinajstić information content (AvgIpc) is 3.51. The topological polar surface area (TPSA) is 105 Å². The first kappa shape index (κ1) is 23.9. The van der Waals surface area contributed by atoms with Gasteiger partial charge in [-0.05, 0) is 60.4 Å². The van der Waals surface area contributed by atoms with E-state index in [0.29, 0.717) is 44.5 Å². The number of para-hydroxylation sites is 2. The molecule has 0 bridgehead atoms. The van der Waals surface area contributed by atoms with Crippen molar-refractivity contribution < 1.29 is 18.7 Å². The minimum Gasteiger partial charge on any atom is -0.452 e. The van der Waals surface area contributed by atoms with Crippen molar-refractivity contribution in [2.45, 2.75) is 26.2 Å². The van der Waals surface area contributed by atoms with E-state index >= 15 is 0 Å². The van der Waals surface area contributed by atoms with Gasteiger partial charge < -0.3 is 14.5 Å². The molecule has 0 spiro atoms. The van der Waals surface area contributed by atoms with E-state index in [1.54, 1.807) is 12.1 Å². The minimum atomic E-state index is -0.630. The maximum Gasteiger partial charge on any atom is 0.339 e. The number of oxazole rings is 1. The lowest BCUT2D eigenvalue weighted by Crippen LogP contribution is -2.21. The highest BCUT2D eigenvalue weighted by molar-refractivity contribution is 7.16. The van der Waals surface area contributed by atoms with Crippen LogP contribution in [-0.4, -0.2) is 23.5 Å². The first-order valence-corrected chi connectivity index (χ1v) is 13.2. The number of nitriles is 1. The summed E-state index contributed by atoms with van der Waals surface area (Å²) in [5, 5.41) is 14.4. The van der Waals surface area contributed by atoms with E-state index in [0.717, 1.165) is 40.6 Å². The molecular weight excluding hydrogens is 498 g/mol. The number of ether oxygens (including phenoxy) is 1. The van der Waals surface area contributed by atoms with E-state index in [1.807, 2.05) is 48.5 Å². The monoisotopic (exact) mass is 521 g/mol. The van der Waals surface area contributed by atoms with Gasteiger partial charge in [-0.1, -0.05) is 43.3 Å². The standard InChI is InChI=1S/C30H23N3O4S/c1-17-12-13-19-22(15-31)29(38-25(19)14-17)33-26(34)16-36-30(35)21-9-5-7-18-6-4-8-20(27(18)21)28-32-23-10-2-3-11-24(23)37-28/h2-11,17H,12-14,16H2,1H3,(H,33,34). The van der Waals surface area contributed by atoms with Gasteiger partial charge in [0.25, 0.3) is 5.91 Å². The number of hydrogen-bond acceptors (Lipinski definition) is 7. The molecule has 0 saturated carbocycles. The van der Waals surface area contributed by atoms with Gasteiger partial charge in [0.2, 0.25) is 5.89 Å². The van der Waals surface area contributed by atoms with Crippen molar-refractivity contribution in [1.82, 2.24) is 4.98 Å². The molecule has 2 heterocycles. The third-order valence-electron chi connectivity index (χ3n) is 6.86. The molecule has 38 heavy (non-hydrogen) atoms. The molecule has 0 fully saturated rings. The molecule has 6 rings (SSSR count). The molecule has 0 aliphatic heterocycles. The van der Waals surface area contributed by atoms with Crippen molar-refractivity contribution in [2.24, 2.45) is 5.92 Å². The van der Waals surface area contributed by atoms with E-state index in [4.69, 9.17) is 9.15 Å². The number of thiophene rings is 1. The van der Waals surface area contributed by atoms with Crippen molar-refractivity contribution in [3.63, 3.8) is 0 Å². The van der Waals surface area contributed by atoms with Crippen LogP contribution < -0.4 is 5.32 Å². The molecular formula is C30H23N3O4S. The summed E-state index contributed by atoms with van der Waals surface area (Å²) < 4.78 is 11.4. The van der Waals surface area contributed by atoms with Crippen LogP contribution in [0.3, 0.4) is 0 Å². The first-order valence-electron chi connectivity index (χ1n) is 12.4. The van der Waals surface area contributed by atoms with Crippen LogP contribution >= 0.6 is 11.3 Å². The number of carbonyl (C=O) groups is 2. The number of rotatable bonds is 5. The van der Waals surface area contributed by atoms with Crippen LogP contribution in [0.25, 0.3) is 33.3 Å². The van der Waals surface area contributed by atoms with Gasteiger partial charge in [0, 0.05) is 15.8 Å². The third-order valence-corrected chi connectivity index (χ3v) is 8.03. The van der Waals surface area contributed by atoms with Crippen molar-refractivity contribution >= 4 is 50.1 Å². The molecule has 2 aromatic heterocycles. The quantitative estimate of drug-likeness (QED) is 0.265. The van der Waals surface area contributed by atoms with Gasteiger partial charge in [0.1, 0.15) is 16.6 Å².